The first-order valence-electron chi connectivity index (χ1n) is 4.76. The van der Waals surface area contributed by atoms with E-state index in [1.54, 1.807) is 0 Å². The van der Waals surface area contributed by atoms with Gasteiger partial charge in [-0.15, -0.1) is 0 Å². The zero-order chi connectivity index (χ0) is 9.68. The first kappa shape index (κ1) is 10.2. The fourth-order valence-corrected chi connectivity index (χ4v) is 1.47. The average Bonchev–Trinajstić information content (AvgIpc) is 2.12. The monoisotopic (exact) mass is 178 g/mol. The fraction of sp³-hybridized carbons (Fsp3) is 0.455. The number of aryl methyl sites for hydroxylation is 1. The van der Waals surface area contributed by atoms with Gasteiger partial charge in [0.15, 0.2) is 0 Å². The van der Waals surface area contributed by atoms with Gasteiger partial charge in [0.2, 0.25) is 0 Å². The van der Waals surface area contributed by atoms with Crippen LogP contribution in [0.5, 0.6) is 0 Å². The highest BCUT2D eigenvalue weighted by Gasteiger charge is 1.98. The molecule has 0 saturated carbocycles. The number of rotatable bonds is 4. The maximum atomic E-state index is 5.53. The molecule has 1 rings (SSSR count). The predicted octanol–water partition coefficient (Wildman–Crippen LogP) is 0.997. The van der Waals surface area contributed by atoms with Gasteiger partial charge in [0, 0.05) is 0 Å². The molecule has 0 fully saturated rings. The molecule has 0 aliphatic heterocycles. The Morgan fingerprint density at radius 1 is 1.08 bits per heavy atom. The number of benzene rings is 1. The molecule has 0 bridgehead atoms. The van der Waals surface area contributed by atoms with E-state index < -0.39 is 0 Å². The van der Waals surface area contributed by atoms with Crippen LogP contribution >= 0.6 is 0 Å². The molecule has 13 heavy (non-hydrogen) atoms. The zero-order valence-corrected chi connectivity index (χ0v) is 8.22. The quantitative estimate of drug-likeness (QED) is 0.722. The largest absolute Gasteiger partial charge is 0.330 e. The van der Waals surface area contributed by atoms with Gasteiger partial charge in [-0.3, -0.25) is 0 Å². The summed E-state index contributed by atoms with van der Waals surface area (Å²) in [5.41, 5.74) is 15.0. The summed E-state index contributed by atoms with van der Waals surface area (Å²) in [6.07, 6.45) is 1.92. The third-order valence-electron chi connectivity index (χ3n) is 2.26. The maximum Gasteiger partial charge on any atom is -0.00366 e. The van der Waals surface area contributed by atoms with Crippen molar-refractivity contribution in [3.8, 4) is 0 Å². The highest BCUT2D eigenvalue weighted by atomic mass is 14.5. The summed E-state index contributed by atoms with van der Waals surface area (Å²) < 4.78 is 0. The minimum absolute atomic E-state index is 0.713. The Hall–Kier alpha value is -0.860. The number of hydrogen-bond donors (Lipinski definition) is 2. The van der Waals surface area contributed by atoms with Crippen LogP contribution < -0.4 is 11.5 Å². The van der Waals surface area contributed by atoms with Gasteiger partial charge in [-0.25, -0.2) is 0 Å². The van der Waals surface area contributed by atoms with Crippen LogP contribution in [0.25, 0.3) is 0 Å². The fourth-order valence-electron chi connectivity index (χ4n) is 1.47. The Morgan fingerprint density at radius 2 is 1.77 bits per heavy atom. The second-order valence-corrected chi connectivity index (χ2v) is 3.34. The summed E-state index contributed by atoms with van der Waals surface area (Å²) in [5.74, 6) is 0. The molecule has 0 aliphatic carbocycles. The van der Waals surface area contributed by atoms with Crippen LogP contribution in [0, 0.1) is 6.92 Å². The van der Waals surface area contributed by atoms with Crippen molar-refractivity contribution in [1.82, 2.24) is 0 Å². The van der Waals surface area contributed by atoms with Crippen molar-refractivity contribution >= 4 is 0 Å². The lowest BCUT2D eigenvalue weighted by molar-refractivity contribution is 0.932. The Bertz CT molecular complexity index is 269. The van der Waals surface area contributed by atoms with E-state index in [9.17, 15) is 0 Å². The van der Waals surface area contributed by atoms with Crippen molar-refractivity contribution in [2.24, 2.45) is 11.5 Å². The number of nitrogens with two attached hydrogens (primary N) is 2. The minimum atomic E-state index is 0.713. The minimum Gasteiger partial charge on any atom is -0.330 e. The Kier molecular flexibility index (Phi) is 3.93. The standard InChI is InChI=1S/C11H18N2/c1-9-2-3-10(4-6-12)8-11(9)5-7-13/h2-3,8H,4-7,12-13H2,1H3. The summed E-state index contributed by atoms with van der Waals surface area (Å²) in [5, 5.41) is 0. The average molecular weight is 178 g/mol. The SMILES string of the molecule is Cc1ccc(CCN)cc1CCN. The van der Waals surface area contributed by atoms with Gasteiger partial charge in [-0.1, -0.05) is 18.2 Å². The van der Waals surface area contributed by atoms with Gasteiger partial charge in [-0.05, 0) is 49.5 Å². The molecule has 1 aromatic rings. The summed E-state index contributed by atoms with van der Waals surface area (Å²) in [7, 11) is 0. The molecule has 2 nitrogen and oxygen atoms in total. The van der Waals surface area contributed by atoms with Gasteiger partial charge in [0.05, 0.1) is 0 Å². The molecule has 0 saturated heterocycles. The van der Waals surface area contributed by atoms with E-state index in [2.05, 4.69) is 25.1 Å². The highest BCUT2D eigenvalue weighted by Crippen LogP contribution is 2.11. The maximum absolute atomic E-state index is 5.53. The number of hydrogen-bond acceptors (Lipinski definition) is 2. The van der Waals surface area contributed by atoms with Crippen LogP contribution in [0.3, 0.4) is 0 Å². The van der Waals surface area contributed by atoms with Crippen molar-refractivity contribution in [1.29, 1.82) is 0 Å². The van der Waals surface area contributed by atoms with Crippen LogP contribution in [-0.2, 0) is 12.8 Å². The predicted molar refractivity (Wildman–Crippen MR) is 56.7 cm³/mol. The van der Waals surface area contributed by atoms with Gasteiger partial charge < -0.3 is 11.5 Å². The van der Waals surface area contributed by atoms with Crippen molar-refractivity contribution < 1.29 is 0 Å². The lowest BCUT2D eigenvalue weighted by atomic mass is 10.0. The molecule has 2 heteroatoms. The zero-order valence-electron chi connectivity index (χ0n) is 8.22. The van der Waals surface area contributed by atoms with E-state index in [4.69, 9.17) is 11.5 Å². The summed E-state index contributed by atoms with van der Waals surface area (Å²) in [6.45, 7) is 3.55. The smallest absolute Gasteiger partial charge is 0.00366 e. The van der Waals surface area contributed by atoms with Crippen LogP contribution in [0.2, 0.25) is 0 Å². The molecule has 0 atom stereocenters. The first-order chi connectivity index (χ1) is 6.27. The third kappa shape index (κ3) is 2.83. The van der Waals surface area contributed by atoms with Crippen molar-refractivity contribution in [3.63, 3.8) is 0 Å². The lowest BCUT2D eigenvalue weighted by Crippen LogP contribution is -2.06. The van der Waals surface area contributed by atoms with Gasteiger partial charge in [0.25, 0.3) is 0 Å². The molecule has 0 radical (unpaired) electrons. The van der Waals surface area contributed by atoms with E-state index in [-0.39, 0.29) is 0 Å². The van der Waals surface area contributed by atoms with Gasteiger partial charge in [0.1, 0.15) is 0 Å². The second kappa shape index (κ2) is 5.00. The van der Waals surface area contributed by atoms with Crippen molar-refractivity contribution in [2.45, 2.75) is 19.8 Å². The summed E-state index contributed by atoms with van der Waals surface area (Å²) in [6, 6.07) is 6.51. The topological polar surface area (TPSA) is 52.0 Å². The van der Waals surface area contributed by atoms with E-state index in [0.29, 0.717) is 13.1 Å². The summed E-state index contributed by atoms with van der Waals surface area (Å²) >= 11 is 0. The Morgan fingerprint density at radius 3 is 2.38 bits per heavy atom. The molecular weight excluding hydrogens is 160 g/mol. The molecule has 0 unspecified atom stereocenters. The molecular formula is C11H18N2. The van der Waals surface area contributed by atoms with E-state index in [1.807, 2.05) is 0 Å². The normalized spacial score (nSPS) is 10.4. The lowest BCUT2D eigenvalue weighted by Gasteiger charge is -2.06. The highest BCUT2D eigenvalue weighted by molar-refractivity contribution is 5.31. The Labute approximate surface area is 79.9 Å². The molecule has 4 N–H and O–H groups in total. The molecule has 0 aliphatic rings. The molecule has 0 amide bonds. The Balaban J connectivity index is 2.83. The molecule has 0 aromatic heterocycles. The molecule has 0 spiro atoms. The van der Waals surface area contributed by atoms with E-state index in [1.165, 1.54) is 16.7 Å². The molecule has 1 aromatic carbocycles. The molecule has 0 heterocycles. The third-order valence-corrected chi connectivity index (χ3v) is 2.26. The van der Waals surface area contributed by atoms with Crippen LogP contribution in [-0.4, -0.2) is 13.1 Å². The van der Waals surface area contributed by atoms with Crippen molar-refractivity contribution in [3.05, 3.63) is 34.9 Å². The molecule has 72 valence electrons. The van der Waals surface area contributed by atoms with E-state index in [0.717, 1.165) is 12.8 Å². The van der Waals surface area contributed by atoms with Crippen LogP contribution in [0.4, 0.5) is 0 Å². The second-order valence-electron chi connectivity index (χ2n) is 3.34. The first-order valence-corrected chi connectivity index (χ1v) is 4.76. The van der Waals surface area contributed by atoms with Crippen molar-refractivity contribution in [2.75, 3.05) is 13.1 Å². The summed E-state index contributed by atoms with van der Waals surface area (Å²) in [4.78, 5) is 0. The van der Waals surface area contributed by atoms with Crippen LogP contribution in [0.1, 0.15) is 16.7 Å². The van der Waals surface area contributed by atoms with E-state index >= 15 is 0 Å². The van der Waals surface area contributed by atoms with Gasteiger partial charge in [-0.2, -0.15) is 0 Å². The van der Waals surface area contributed by atoms with Gasteiger partial charge >= 0.3 is 0 Å². The van der Waals surface area contributed by atoms with Crippen LogP contribution in [0.15, 0.2) is 18.2 Å².